The molecule has 0 radical (unpaired) electrons. The molecule has 2 aromatic carbocycles. The van der Waals surface area contributed by atoms with E-state index in [4.69, 9.17) is 4.74 Å². The lowest BCUT2D eigenvalue weighted by Gasteiger charge is -2.09. The Bertz CT molecular complexity index is 827. The molecule has 126 valence electrons. The lowest BCUT2D eigenvalue weighted by Crippen LogP contribution is -2.16. The van der Waals surface area contributed by atoms with E-state index in [1.54, 1.807) is 49.6 Å². The van der Waals surface area contributed by atoms with Crippen molar-refractivity contribution >= 4 is 21.5 Å². The molecule has 0 aliphatic heterocycles. The minimum atomic E-state index is -4.00. The number of hydrogen-bond acceptors (Lipinski definition) is 6. The first-order chi connectivity index (χ1) is 11.5. The molecule has 0 atom stereocenters. The van der Waals surface area contributed by atoms with Gasteiger partial charge in [-0.2, -0.15) is 0 Å². The SMILES string of the molecule is COC(=O)C(=CNc1ccc(OC)cc1)S(=O)(=O)c1ccccc1. The topological polar surface area (TPSA) is 81.7 Å². The minimum absolute atomic E-state index is 0.0122. The van der Waals surface area contributed by atoms with Crippen LogP contribution >= 0.6 is 0 Å². The highest BCUT2D eigenvalue weighted by Gasteiger charge is 2.27. The molecule has 0 fully saturated rings. The number of carbonyl (C=O) groups is 1. The third-order valence-corrected chi connectivity index (χ3v) is 4.95. The number of rotatable bonds is 6. The van der Waals surface area contributed by atoms with Crippen LogP contribution in [0.15, 0.2) is 70.6 Å². The number of benzene rings is 2. The van der Waals surface area contributed by atoms with E-state index >= 15 is 0 Å². The Labute approximate surface area is 140 Å². The monoisotopic (exact) mass is 347 g/mol. The van der Waals surface area contributed by atoms with E-state index in [0.29, 0.717) is 11.4 Å². The van der Waals surface area contributed by atoms with Gasteiger partial charge in [0.05, 0.1) is 19.1 Å². The molecule has 0 aromatic heterocycles. The Morgan fingerprint density at radius 1 is 1.00 bits per heavy atom. The van der Waals surface area contributed by atoms with Crippen molar-refractivity contribution in [1.29, 1.82) is 0 Å². The fourth-order valence-electron chi connectivity index (χ4n) is 1.91. The molecule has 0 unspecified atom stereocenters. The third-order valence-electron chi connectivity index (χ3n) is 3.19. The van der Waals surface area contributed by atoms with Crippen LogP contribution in [0.2, 0.25) is 0 Å². The highest BCUT2D eigenvalue weighted by molar-refractivity contribution is 7.96. The maximum absolute atomic E-state index is 12.6. The Morgan fingerprint density at radius 3 is 2.17 bits per heavy atom. The summed E-state index contributed by atoms with van der Waals surface area (Å²) in [5.41, 5.74) is 0.598. The molecule has 0 bridgehead atoms. The van der Waals surface area contributed by atoms with Crippen molar-refractivity contribution in [3.05, 3.63) is 65.7 Å². The summed E-state index contributed by atoms with van der Waals surface area (Å²) < 4.78 is 34.9. The van der Waals surface area contributed by atoms with Crippen LogP contribution in [0, 0.1) is 0 Å². The van der Waals surface area contributed by atoms with E-state index in [1.807, 2.05) is 0 Å². The van der Waals surface area contributed by atoms with Crippen molar-refractivity contribution in [2.75, 3.05) is 19.5 Å². The standard InChI is InChI=1S/C17H17NO5S/c1-22-14-10-8-13(9-11-14)18-12-16(17(19)23-2)24(20,21)15-6-4-3-5-7-15/h3-12,18H,1-2H3. The zero-order valence-corrected chi connectivity index (χ0v) is 14.0. The molecule has 24 heavy (non-hydrogen) atoms. The Kier molecular flexibility index (Phi) is 5.59. The van der Waals surface area contributed by atoms with E-state index in [2.05, 4.69) is 10.1 Å². The van der Waals surface area contributed by atoms with E-state index in [1.165, 1.54) is 12.1 Å². The lowest BCUT2D eigenvalue weighted by atomic mass is 10.3. The van der Waals surface area contributed by atoms with Crippen molar-refractivity contribution in [2.24, 2.45) is 0 Å². The molecule has 0 aliphatic carbocycles. The van der Waals surface area contributed by atoms with E-state index in [-0.39, 0.29) is 4.90 Å². The van der Waals surface area contributed by atoms with Gasteiger partial charge in [-0.05, 0) is 36.4 Å². The van der Waals surface area contributed by atoms with Gasteiger partial charge >= 0.3 is 5.97 Å². The normalized spacial score (nSPS) is 11.7. The summed E-state index contributed by atoms with van der Waals surface area (Å²) in [7, 11) is -1.32. The van der Waals surface area contributed by atoms with Gasteiger partial charge in [0.15, 0.2) is 4.91 Å². The molecule has 0 spiro atoms. The predicted octanol–water partition coefficient (Wildman–Crippen LogP) is 2.60. The smallest absolute Gasteiger partial charge is 0.351 e. The zero-order valence-electron chi connectivity index (χ0n) is 13.2. The molecular weight excluding hydrogens is 330 g/mol. The largest absolute Gasteiger partial charge is 0.497 e. The molecule has 0 saturated heterocycles. The molecule has 7 heteroatoms. The van der Waals surface area contributed by atoms with Crippen LogP contribution in [0.5, 0.6) is 5.75 Å². The summed E-state index contributed by atoms with van der Waals surface area (Å²) in [6.45, 7) is 0. The van der Waals surface area contributed by atoms with E-state index < -0.39 is 20.7 Å². The molecule has 0 heterocycles. The van der Waals surface area contributed by atoms with Crippen LogP contribution in [0.1, 0.15) is 0 Å². The molecular formula is C17H17NO5S. The summed E-state index contributed by atoms with van der Waals surface area (Å²) >= 11 is 0. The van der Waals surface area contributed by atoms with Crippen LogP contribution in [0.3, 0.4) is 0 Å². The summed E-state index contributed by atoms with van der Waals surface area (Å²) in [4.78, 5) is 11.5. The fraction of sp³-hybridized carbons (Fsp3) is 0.118. The Balaban J connectivity index is 2.36. The summed E-state index contributed by atoms with van der Waals surface area (Å²) in [5.74, 6) is -0.283. The highest BCUT2D eigenvalue weighted by atomic mass is 32.2. The molecule has 2 rings (SSSR count). The van der Waals surface area contributed by atoms with Crippen LogP contribution in [0.4, 0.5) is 5.69 Å². The summed E-state index contributed by atoms with van der Waals surface area (Å²) in [5, 5.41) is 2.79. The lowest BCUT2D eigenvalue weighted by molar-refractivity contribution is -0.135. The first kappa shape index (κ1) is 17.6. The van der Waals surface area contributed by atoms with Gasteiger partial charge in [-0.1, -0.05) is 18.2 Å². The molecule has 6 nitrogen and oxygen atoms in total. The van der Waals surface area contributed by atoms with Crippen molar-refractivity contribution in [3.8, 4) is 5.75 Å². The second kappa shape index (κ2) is 7.65. The second-order valence-corrected chi connectivity index (χ2v) is 6.61. The number of esters is 1. The van der Waals surface area contributed by atoms with Gasteiger partial charge in [0.1, 0.15) is 5.75 Å². The van der Waals surface area contributed by atoms with E-state index in [0.717, 1.165) is 13.3 Å². The van der Waals surface area contributed by atoms with E-state index in [9.17, 15) is 13.2 Å². The van der Waals surface area contributed by atoms with Gasteiger partial charge in [-0.25, -0.2) is 13.2 Å². The van der Waals surface area contributed by atoms with Crippen molar-refractivity contribution in [2.45, 2.75) is 4.90 Å². The van der Waals surface area contributed by atoms with Crippen LogP contribution < -0.4 is 10.1 Å². The van der Waals surface area contributed by atoms with Crippen LogP contribution in [-0.2, 0) is 19.4 Å². The first-order valence-corrected chi connectivity index (χ1v) is 8.46. The minimum Gasteiger partial charge on any atom is -0.497 e. The number of methoxy groups -OCH3 is 2. The number of sulfone groups is 1. The van der Waals surface area contributed by atoms with Gasteiger partial charge in [0, 0.05) is 11.9 Å². The maximum atomic E-state index is 12.6. The number of anilines is 1. The third kappa shape index (κ3) is 3.94. The Hall–Kier alpha value is -2.80. The molecule has 1 N–H and O–H groups in total. The van der Waals surface area contributed by atoms with Crippen LogP contribution in [-0.4, -0.2) is 28.6 Å². The van der Waals surface area contributed by atoms with Gasteiger partial charge in [0.25, 0.3) is 0 Å². The maximum Gasteiger partial charge on any atom is 0.351 e. The second-order valence-electron chi connectivity index (χ2n) is 4.69. The van der Waals surface area contributed by atoms with Gasteiger partial charge in [-0.3, -0.25) is 0 Å². The molecule has 2 aromatic rings. The molecule has 0 saturated carbocycles. The Morgan fingerprint density at radius 2 is 1.62 bits per heavy atom. The number of carbonyl (C=O) groups excluding carboxylic acids is 1. The quantitative estimate of drug-likeness (QED) is 0.639. The number of hydrogen-bond donors (Lipinski definition) is 1. The number of nitrogens with one attached hydrogen (secondary N) is 1. The molecule has 0 amide bonds. The van der Waals surface area contributed by atoms with Crippen LogP contribution in [0.25, 0.3) is 0 Å². The first-order valence-electron chi connectivity index (χ1n) is 6.98. The summed E-state index contributed by atoms with van der Waals surface area (Å²) in [6, 6.07) is 14.5. The van der Waals surface area contributed by atoms with Crippen molar-refractivity contribution in [1.82, 2.24) is 0 Å². The van der Waals surface area contributed by atoms with Gasteiger partial charge < -0.3 is 14.8 Å². The zero-order chi connectivity index (χ0) is 17.6. The fourth-order valence-corrected chi connectivity index (χ4v) is 3.20. The highest BCUT2D eigenvalue weighted by Crippen LogP contribution is 2.21. The van der Waals surface area contributed by atoms with Gasteiger partial charge in [-0.15, -0.1) is 0 Å². The predicted molar refractivity (Wildman–Crippen MR) is 90.3 cm³/mol. The van der Waals surface area contributed by atoms with Crippen molar-refractivity contribution in [3.63, 3.8) is 0 Å². The van der Waals surface area contributed by atoms with Gasteiger partial charge in [0.2, 0.25) is 9.84 Å². The molecule has 0 aliphatic rings. The number of ether oxygens (including phenoxy) is 2. The summed E-state index contributed by atoms with van der Waals surface area (Å²) in [6.07, 6.45) is 1.12. The average Bonchev–Trinajstić information content (AvgIpc) is 2.62. The average molecular weight is 347 g/mol. The van der Waals surface area contributed by atoms with Crippen molar-refractivity contribution < 1.29 is 22.7 Å².